The molecule has 0 unspecified atom stereocenters. The molecule has 0 spiro atoms. The summed E-state index contributed by atoms with van der Waals surface area (Å²) in [6.07, 6.45) is -9.73. The summed E-state index contributed by atoms with van der Waals surface area (Å²) in [5.74, 6) is -1.23. The first kappa shape index (κ1) is 17.3. The van der Waals surface area contributed by atoms with Gasteiger partial charge in [-0.05, 0) is 24.1 Å². The highest BCUT2D eigenvalue weighted by molar-refractivity contribution is 5.96. The van der Waals surface area contributed by atoms with Crippen molar-refractivity contribution in [3.8, 4) is 0 Å². The van der Waals surface area contributed by atoms with Gasteiger partial charge in [-0.15, -0.1) is 0 Å². The van der Waals surface area contributed by atoms with Crippen molar-refractivity contribution in [2.45, 2.75) is 26.2 Å². The van der Waals surface area contributed by atoms with E-state index in [0.29, 0.717) is 6.07 Å². The van der Waals surface area contributed by atoms with Crippen molar-refractivity contribution < 1.29 is 31.1 Å². The minimum atomic E-state index is -4.91. The van der Waals surface area contributed by atoms with E-state index in [2.05, 4.69) is 5.32 Å². The Hall–Kier alpha value is -1.73. The molecule has 0 heterocycles. The molecule has 2 nitrogen and oxygen atoms in total. The van der Waals surface area contributed by atoms with Crippen molar-refractivity contribution in [1.29, 1.82) is 0 Å². The molecule has 0 aliphatic heterocycles. The zero-order valence-electron chi connectivity index (χ0n) is 11.2. The van der Waals surface area contributed by atoms with Crippen LogP contribution in [0.15, 0.2) is 18.2 Å². The number of rotatable bonds is 3. The molecule has 8 heteroatoms. The number of hydrogen-bond donors (Lipinski definition) is 1. The first-order valence-electron chi connectivity index (χ1n) is 5.99. The second-order valence-corrected chi connectivity index (χ2v) is 4.86. The molecule has 0 bridgehead atoms. The molecule has 0 radical (unpaired) electrons. The van der Waals surface area contributed by atoms with Crippen LogP contribution in [0, 0.1) is 5.92 Å². The zero-order valence-corrected chi connectivity index (χ0v) is 11.2. The van der Waals surface area contributed by atoms with Gasteiger partial charge in [-0.3, -0.25) is 4.79 Å². The van der Waals surface area contributed by atoms with Gasteiger partial charge in [-0.2, -0.15) is 26.3 Å². The molecular formula is C13H13F6NO. The largest absolute Gasteiger partial charge is 0.417 e. The molecule has 0 aromatic heterocycles. The van der Waals surface area contributed by atoms with Gasteiger partial charge in [0.25, 0.3) is 5.91 Å². The predicted octanol–water partition coefficient (Wildman–Crippen LogP) is 4.11. The number of nitrogens with one attached hydrogen (secondary N) is 1. The standard InChI is InChI=1S/C13H13F6NO/c1-7(2)6-20-11(21)9-5-8(12(14,15)16)3-4-10(9)13(17,18)19/h3-5,7H,6H2,1-2H3,(H,20,21). The Morgan fingerprint density at radius 1 is 1.10 bits per heavy atom. The van der Waals surface area contributed by atoms with Gasteiger partial charge in [-0.25, -0.2) is 0 Å². The van der Waals surface area contributed by atoms with Gasteiger partial charge in [0.1, 0.15) is 0 Å². The molecule has 1 rings (SSSR count). The Labute approximate surface area is 117 Å². The van der Waals surface area contributed by atoms with Crippen LogP contribution in [0.25, 0.3) is 0 Å². The lowest BCUT2D eigenvalue weighted by Crippen LogP contribution is -2.29. The Morgan fingerprint density at radius 2 is 1.67 bits per heavy atom. The lowest BCUT2D eigenvalue weighted by Gasteiger charge is -2.16. The highest BCUT2D eigenvalue weighted by Gasteiger charge is 2.38. The quantitative estimate of drug-likeness (QED) is 0.836. The number of hydrogen-bond acceptors (Lipinski definition) is 1. The van der Waals surface area contributed by atoms with Crippen LogP contribution < -0.4 is 5.32 Å². The van der Waals surface area contributed by atoms with Crippen molar-refractivity contribution >= 4 is 5.91 Å². The monoisotopic (exact) mass is 313 g/mol. The van der Waals surface area contributed by atoms with E-state index in [1.54, 1.807) is 13.8 Å². The van der Waals surface area contributed by atoms with E-state index in [4.69, 9.17) is 0 Å². The van der Waals surface area contributed by atoms with E-state index in [9.17, 15) is 31.1 Å². The average Bonchev–Trinajstić information content (AvgIpc) is 2.33. The minimum Gasteiger partial charge on any atom is -0.352 e. The Kier molecular flexibility index (Phi) is 4.91. The lowest BCUT2D eigenvalue weighted by atomic mass is 10.0. The summed E-state index contributed by atoms with van der Waals surface area (Å²) in [6, 6.07) is 0.799. The molecule has 0 fully saturated rings. The van der Waals surface area contributed by atoms with Crippen molar-refractivity contribution in [3.63, 3.8) is 0 Å². The molecule has 1 amide bonds. The van der Waals surface area contributed by atoms with Crippen molar-refractivity contribution in [2.75, 3.05) is 6.54 Å². The first-order chi connectivity index (χ1) is 9.43. The Bertz CT molecular complexity index is 518. The maximum absolute atomic E-state index is 12.8. The summed E-state index contributed by atoms with van der Waals surface area (Å²) in [5, 5.41) is 2.18. The molecule has 0 saturated heterocycles. The summed E-state index contributed by atoms with van der Waals surface area (Å²) in [6.45, 7) is 3.47. The van der Waals surface area contributed by atoms with E-state index >= 15 is 0 Å². The van der Waals surface area contributed by atoms with Crippen LogP contribution in [0.4, 0.5) is 26.3 Å². The van der Waals surface area contributed by atoms with Crippen molar-refractivity contribution in [3.05, 3.63) is 34.9 Å². The van der Waals surface area contributed by atoms with E-state index in [0.717, 1.165) is 0 Å². The highest BCUT2D eigenvalue weighted by atomic mass is 19.4. The van der Waals surface area contributed by atoms with E-state index in [1.807, 2.05) is 0 Å². The molecule has 1 aromatic rings. The fourth-order valence-corrected chi connectivity index (χ4v) is 1.55. The Balaban J connectivity index is 3.26. The molecule has 1 N–H and O–H groups in total. The fourth-order valence-electron chi connectivity index (χ4n) is 1.55. The van der Waals surface area contributed by atoms with Crippen LogP contribution in [0.5, 0.6) is 0 Å². The van der Waals surface area contributed by atoms with Crippen molar-refractivity contribution in [1.82, 2.24) is 5.32 Å². The van der Waals surface area contributed by atoms with Gasteiger partial charge in [-0.1, -0.05) is 13.8 Å². The summed E-state index contributed by atoms with van der Waals surface area (Å²) in [5.41, 5.74) is -3.72. The predicted molar refractivity (Wildman–Crippen MR) is 63.6 cm³/mol. The summed E-state index contributed by atoms with van der Waals surface area (Å²) < 4.78 is 76.0. The normalized spacial score (nSPS) is 12.6. The van der Waals surface area contributed by atoms with Crippen molar-refractivity contribution in [2.24, 2.45) is 5.92 Å². The van der Waals surface area contributed by atoms with Gasteiger partial charge in [0.05, 0.1) is 16.7 Å². The second kappa shape index (κ2) is 5.95. The molecule has 0 saturated carbocycles. The van der Waals surface area contributed by atoms with Crippen LogP contribution >= 0.6 is 0 Å². The molecule has 0 atom stereocenters. The van der Waals surface area contributed by atoms with Gasteiger partial charge < -0.3 is 5.32 Å². The molecule has 21 heavy (non-hydrogen) atoms. The number of amides is 1. The topological polar surface area (TPSA) is 29.1 Å². The van der Waals surface area contributed by atoms with Gasteiger partial charge >= 0.3 is 12.4 Å². The van der Waals surface area contributed by atoms with E-state index in [1.165, 1.54) is 0 Å². The third-order valence-electron chi connectivity index (χ3n) is 2.57. The van der Waals surface area contributed by atoms with Crippen LogP contribution in [0.3, 0.4) is 0 Å². The highest BCUT2D eigenvalue weighted by Crippen LogP contribution is 2.36. The van der Waals surface area contributed by atoms with Crippen LogP contribution in [0.2, 0.25) is 0 Å². The third-order valence-corrected chi connectivity index (χ3v) is 2.57. The average molecular weight is 313 g/mol. The number of benzene rings is 1. The summed E-state index contributed by atoms with van der Waals surface area (Å²) >= 11 is 0. The summed E-state index contributed by atoms with van der Waals surface area (Å²) in [4.78, 5) is 11.7. The van der Waals surface area contributed by atoms with Crippen LogP contribution in [-0.2, 0) is 12.4 Å². The number of carbonyl (C=O) groups excluding carboxylic acids is 1. The molecule has 1 aromatic carbocycles. The minimum absolute atomic E-state index is 0.0471. The molecular weight excluding hydrogens is 300 g/mol. The maximum Gasteiger partial charge on any atom is 0.417 e. The molecule has 0 aliphatic rings. The van der Waals surface area contributed by atoms with E-state index < -0.39 is 35.0 Å². The Morgan fingerprint density at radius 3 is 2.10 bits per heavy atom. The van der Waals surface area contributed by atoms with Gasteiger partial charge in [0, 0.05) is 6.54 Å². The van der Waals surface area contributed by atoms with Gasteiger partial charge in [0.2, 0.25) is 0 Å². The zero-order chi connectivity index (χ0) is 16.4. The third kappa shape index (κ3) is 4.64. The molecule has 118 valence electrons. The maximum atomic E-state index is 12.8. The number of halogens is 6. The second-order valence-electron chi connectivity index (χ2n) is 4.86. The van der Waals surface area contributed by atoms with Crippen LogP contribution in [0.1, 0.15) is 35.3 Å². The smallest absolute Gasteiger partial charge is 0.352 e. The fraction of sp³-hybridized carbons (Fsp3) is 0.462. The SMILES string of the molecule is CC(C)CNC(=O)c1cc(C(F)(F)F)ccc1C(F)(F)F. The first-order valence-corrected chi connectivity index (χ1v) is 5.99. The van der Waals surface area contributed by atoms with E-state index in [-0.39, 0.29) is 24.6 Å². The van der Waals surface area contributed by atoms with Gasteiger partial charge in [0.15, 0.2) is 0 Å². The number of alkyl halides is 6. The lowest BCUT2D eigenvalue weighted by molar-refractivity contribution is -0.141. The molecule has 0 aliphatic carbocycles. The number of carbonyl (C=O) groups is 1. The summed E-state index contributed by atoms with van der Waals surface area (Å²) in [7, 11) is 0. The van der Waals surface area contributed by atoms with Crippen LogP contribution in [-0.4, -0.2) is 12.5 Å².